The van der Waals surface area contributed by atoms with Gasteiger partial charge >= 0.3 is 12.1 Å². The van der Waals surface area contributed by atoms with Gasteiger partial charge in [0.25, 0.3) is 6.43 Å². The molecule has 112 valence electrons. The van der Waals surface area contributed by atoms with Crippen LogP contribution >= 0.6 is 22.6 Å². The number of esters is 1. The fourth-order valence-electron chi connectivity index (χ4n) is 1.45. The predicted molar refractivity (Wildman–Crippen MR) is 67.3 cm³/mol. The summed E-state index contributed by atoms with van der Waals surface area (Å²) in [5.41, 5.74) is -2.82. The Morgan fingerprint density at radius 1 is 1.45 bits per heavy atom. The molecule has 3 nitrogen and oxygen atoms in total. The number of alkyl halides is 5. The van der Waals surface area contributed by atoms with E-state index in [0.717, 1.165) is 0 Å². The molecule has 0 aliphatic rings. The second-order valence-corrected chi connectivity index (χ2v) is 4.71. The number of ether oxygens (including phenoxy) is 1. The standard InChI is InChI=1S/C11H9F5INO2/c1-2-20-7(19)3-6-9(17)8(10(12)13)5(4-18-6)11(14,15)16/h4,10H,2-3H2,1H3. The molecule has 0 saturated carbocycles. The minimum atomic E-state index is -4.93. The van der Waals surface area contributed by atoms with Crippen LogP contribution in [0.4, 0.5) is 22.0 Å². The van der Waals surface area contributed by atoms with Crippen molar-refractivity contribution in [1.29, 1.82) is 0 Å². The van der Waals surface area contributed by atoms with Crippen LogP contribution in [0.3, 0.4) is 0 Å². The Labute approximate surface area is 124 Å². The van der Waals surface area contributed by atoms with Crippen molar-refractivity contribution in [2.24, 2.45) is 0 Å². The average Bonchev–Trinajstić information content (AvgIpc) is 2.29. The number of hydrogen-bond acceptors (Lipinski definition) is 3. The minimum absolute atomic E-state index is 0.0811. The quantitative estimate of drug-likeness (QED) is 0.432. The van der Waals surface area contributed by atoms with Crippen molar-refractivity contribution in [1.82, 2.24) is 4.98 Å². The molecule has 0 aliphatic carbocycles. The summed E-state index contributed by atoms with van der Waals surface area (Å²) in [4.78, 5) is 14.7. The monoisotopic (exact) mass is 409 g/mol. The van der Waals surface area contributed by atoms with E-state index >= 15 is 0 Å². The average molecular weight is 409 g/mol. The van der Waals surface area contributed by atoms with Crippen molar-refractivity contribution in [3.63, 3.8) is 0 Å². The summed E-state index contributed by atoms with van der Waals surface area (Å²) in [5.74, 6) is -0.738. The van der Waals surface area contributed by atoms with Gasteiger partial charge < -0.3 is 4.74 Å². The number of pyridine rings is 1. The van der Waals surface area contributed by atoms with Gasteiger partial charge in [-0.2, -0.15) is 13.2 Å². The molecule has 1 heterocycles. The summed E-state index contributed by atoms with van der Waals surface area (Å²) in [6, 6.07) is 0. The zero-order chi connectivity index (χ0) is 15.5. The molecule has 0 amide bonds. The van der Waals surface area contributed by atoms with Gasteiger partial charge in [0.2, 0.25) is 0 Å². The Kier molecular flexibility index (Phi) is 5.66. The van der Waals surface area contributed by atoms with Gasteiger partial charge in [0.1, 0.15) is 0 Å². The van der Waals surface area contributed by atoms with Crippen molar-refractivity contribution in [3.8, 4) is 0 Å². The third-order valence-corrected chi connectivity index (χ3v) is 3.47. The molecule has 20 heavy (non-hydrogen) atoms. The van der Waals surface area contributed by atoms with Crippen molar-refractivity contribution in [2.45, 2.75) is 25.9 Å². The Morgan fingerprint density at radius 3 is 2.50 bits per heavy atom. The van der Waals surface area contributed by atoms with E-state index < -0.39 is 36.1 Å². The molecule has 9 heteroatoms. The number of aromatic nitrogens is 1. The molecule has 0 aliphatic heterocycles. The fourth-order valence-corrected chi connectivity index (χ4v) is 2.31. The van der Waals surface area contributed by atoms with Gasteiger partial charge in [0, 0.05) is 15.3 Å². The summed E-state index contributed by atoms with van der Waals surface area (Å²) < 4.78 is 67.8. The van der Waals surface area contributed by atoms with E-state index in [1.807, 2.05) is 0 Å². The van der Waals surface area contributed by atoms with E-state index in [2.05, 4.69) is 9.72 Å². The van der Waals surface area contributed by atoms with Crippen LogP contribution in [0.25, 0.3) is 0 Å². The Balaban J connectivity index is 3.26. The van der Waals surface area contributed by atoms with Crippen LogP contribution in [0.2, 0.25) is 0 Å². The molecule has 0 N–H and O–H groups in total. The van der Waals surface area contributed by atoms with Crippen molar-refractivity contribution in [2.75, 3.05) is 6.61 Å². The van der Waals surface area contributed by atoms with Crippen LogP contribution in [-0.4, -0.2) is 17.6 Å². The highest BCUT2D eigenvalue weighted by Gasteiger charge is 2.38. The maximum Gasteiger partial charge on any atom is 0.418 e. The molecule has 0 unspecified atom stereocenters. The van der Waals surface area contributed by atoms with E-state index in [4.69, 9.17) is 0 Å². The summed E-state index contributed by atoms with van der Waals surface area (Å²) in [6.45, 7) is 1.63. The topological polar surface area (TPSA) is 39.2 Å². The van der Waals surface area contributed by atoms with E-state index in [9.17, 15) is 26.7 Å². The van der Waals surface area contributed by atoms with Crippen LogP contribution in [0.5, 0.6) is 0 Å². The van der Waals surface area contributed by atoms with E-state index in [0.29, 0.717) is 6.20 Å². The van der Waals surface area contributed by atoms with Gasteiger partial charge in [-0.05, 0) is 29.5 Å². The minimum Gasteiger partial charge on any atom is -0.466 e. The summed E-state index contributed by atoms with van der Waals surface area (Å²) in [6.07, 6.45) is -8.38. The highest BCUT2D eigenvalue weighted by molar-refractivity contribution is 14.1. The van der Waals surface area contributed by atoms with Crippen LogP contribution in [0, 0.1) is 3.57 Å². The highest BCUT2D eigenvalue weighted by Crippen LogP contribution is 2.38. The second kappa shape index (κ2) is 6.64. The Bertz CT molecular complexity index is 504. The largest absolute Gasteiger partial charge is 0.466 e. The van der Waals surface area contributed by atoms with Crippen LogP contribution < -0.4 is 0 Å². The van der Waals surface area contributed by atoms with Gasteiger partial charge in [-0.25, -0.2) is 8.78 Å². The molecule has 0 radical (unpaired) electrons. The van der Waals surface area contributed by atoms with Crippen LogP contribution in [0.1, 0.15) is 30.2 Å². The smallest absolute Gasteiger partial charge is 0.418 e. The van der Waals surface area contributed by atoms with Gasteiger partial charge in [0.15, 0.2) is 0 Å². The number of carbonyl (C=O) groups excluding carboxylic acids is 1. The van der Waals surface area contributed by atoms with Gasteiger partial charge in [-0.15, -0.1) is 0 Å². The first-order valence-corrected chi connectivity index (χ1v) is 6.44. The lowest BCUT2D eigenvalue weighted by molar-refractivity contribution is -0.142. The van der Waals surface area contributed by atoms with E-state index in [1.165, 1.54) is 22.6 Å². The summed E-state index contributed by atoms with van der Waals surface area (Å²) in [7, 11) is 0. The molecule has 0 bridgehead atoms. The number of halogens is 6. The number of nitrogens with zero attached hydrogens (tertiary/aromatic N) is 1. The molecule has 1 aromatic heterocycles. The molecule has 1 rings (SSSR count). The molecular formula is C11H9F5INO2. The SMILES string of the molecule is CCOC(=O)Cc1ncc(C(F)(F)F)c(C(F)F)c1I. The maximum atomic E-state index is 12.8. The molecule has 0 atom stereocenters. The maximum absolute atomic E-state index is 12.8. The lowest BCUT2D eigenvalue weighted by Gasteiger charge is -2.15. The first-order chi connectivity index (χ1) is 9.18. The van der Waals surface area contributed by atoms with Gasteiger partial charge in [-0.1, -0.05) is 0 Å². The summed E-state index contributed by atoms with van der Waals surface area (Å²) in [5, 5.41) is 0. The van der Waals surface area contributed by atoms with E-state index in [1.54, 1.807) is 6.92 Å². The van der Waals surface area contributed by atoms with E-state index in [-0.39, 0.29) is 15.9 Å². The van der Waals surface area contributed by atoms with Gasteiger partial charge in [0.05, 0.1) is 24.3 Å². The van der Waals surface area contributed by atoms with Crippen molar-refractivity contribution in [3.05, 3.63) is 26.6 Å². The van der Waals surface area contributed by atoms with Gasteiger partial charge in [-0.3, -0.25) is 9.78 Å². The Hall–Kier alpha value is -1.00. The van der Waals surface area contributed by atoms with Crippen LogP contribution in [-0.2, 0) is 22.1 Å². The van der Waals surface area contributed by atoms with Crippen LogP contribution in [0.15, 0.2) is 6.20 Å². The van der Waals surface area contributed by atoms with Crippen molar-refractivity contribution < 1.29 is 31.5 Å². The third kappa shape index (κ3) is 4.00. The Morgan fingerprint density at radius 2 is 2.05 bits per heavy atom. The number of rotatable bonds is 4. The number of carbonyl (C=O) groups is 1. The molecule has 0 aromatic carbocycles. The summed E-state index contributed by atoms with van der Waals surface area (Å²) >= 11 is 1.33. The van der Waals surface area contributed by atoms with Crippen molar-refractivity contribution >= 4 is 28.6 Å². The normalized spacial score (nSPS) is 11.8. The molecule has 1 aromatic rings. The fraction of sp³-hybridized carbons (Fsp3) is 0.455. The molecular weight excluding hydrogens is 400 g/mol. The zero-order valence-electron chi connectivity index (χ0n) is 10.1. The highest BCUT2D eigenvalue weighted by atomic mass is 127. The lowest BCUT2D eigenvalue weighted by Crippen LogP contribution is -2.16. The zero-order valence-corrected chi connectivity index (χ0v) is 12.3. The first-order valence-electron chi connectivity index (χ1n) is 5.36. The first kappa shape index (κ1) is 17.1. The molecule has 0 spiro atoms. The third-order valence-electron chi connectivity index (χ3n) is 2.27. The predicted octanol–water partition coefficient (Wildman–Crippen LogP) is 3.75. The lowest BCUT2D eigenvalue weighted by atomic mass is 10.1. The second-order valence-electron chi connectivity index (χ2n) is 3.63. The number of hydrogen-bond donors (Lipinski definition) is 0. The molecule has 0 fully saturated rings. The molecule has 0 saturated heterocycles.